The van der Waals surface area contributed by atoms with Gasteiger partial charge in [-0.25, -0.2) is 4.68 Å². The fraction of sp³-hybridized carbons (Fsp3) is 0.389. The number of piperazine rings is 1. The SMILES string of the molecule is CN1CCN([C@@H](c2ccc(Cl)cc2)c2nnnn2Cc2ccco2)CC1. The molecule has 8 heteroatoms. The molecule has 3 heterocycles. The van der Waals surface area contributed by atoms with Gasteiger partial charge in [0.2, 0.25) is 0 Å². The highest BCUT2D eigenvalue weighted by Crippen LogP contribution is 2.29. The molecule has 0 saturated carbocycles. The summed E-state index contributed by atoms with van der Waals surface area (Å²) in [5, 5.41) is 13.2. The van der Waals surface area contributed by atoms with Gasteiger partial charge in [0.1, 0.15) is 12.3 Å². The van der Waals surface area contributed by atoms with Crippen LogP contribution >= 0.6 is 11.6 Å². The summed E-state index contributed by atoms with van der Waals surface area (Å²) in [5.74, 6) is 1.64. The molecule has 0 radical (unpaired) electrons. The van der Waals surface area contributed by atoms with Gasteiger partial charge in [-0.15, -0.1) is 5.10 Å². The summed E-state index contributed by atoms with van der Waals surface area (Å²) in [6, 6.07) is 11.7. The van der Waals surface area contributed by atoms with Gasteiger partial charge in [0.15, 0.2) is 5.82 Å². The Morgan fingerprint density at radius 3 is 2.58 bits per heavy atom. The molecular weight excluding hydrogens is 352 g/mol. The number of likely N-dealkylation sites (N-methyl/N-ethyl adjacent to an activating group) is 1. The largest absolute Gasteiger partial charge is 0.467 e. The third-order valence-electron chi connectivity index (χ3n) is 4.78. The minimum Gasteiger partial charge on any atom is -0.467 e. The van der Waals surface area contributed by atoms with Crippen LogP contribution in [0.2, 0.25) is 5.02 Å². The van der Waals surface area contributed by atoms with Gasteiger partial charge in [0, 0.05) is 31.2 Å². The van der Waals surface area contributed by atoms with E-state index < -0.39 is 0 Å². The number of aromatic nitrogens is 4. The van der Waals surface area contributed by atoms with Gasteiger partial charge in [0.25, 0.3) is 0 Å². The smallest absolute Gasteiger partial charge is 0.173 e. The van der Waals surface area contributed by atoms with Gasteiger partial charge in [-0.3, -0.25) is 4.90 Å². The van der Waals surface area contributed by atoms with Crippen LogP contribution in [0.5, 0.6) is 0 Å². The molecule has 0 unspecified atom stereocenters. The van der Waals surface area contributed by atoms with Crippen LogP contribution in [0.3, 0.4) is 0 Å². The normalized spacial score (nSPS) is 17.5. The molecule has 26 heavy (non-hydrogen) atoms. The molecule has 1 aliphatic heterocycles. The Kier molecular flexibility index (Phi) is 5.01. The van der Waals surface area contributed by atoms with Crippen molar-refractivity contribution >= 4 is 11.6 Å². The molecule has 1 aliphatic rings. The van der Waals surface area contributed by atoms with Crippen LogP contribution in [0, 0.1) is 0 Å². The number of halogens is 1. The van der Waals surface area contributed by atoms with Crippen molar-refractivity contribution < 1.29 is 4.42 Å². The van der Waals surface area contributed by atoms with E-state index in [1.165, 1.54) is 0 Å². The summed E-state index contributed by atoms with van der Waals surface area (Å²) in [6.45, 7) is 4.45. The maximum atomic E-state index is 6.09. The van der Waals surface area contributed by atoms with E-state index in [-0.39, 0.29) is 6.04 Å². The molecule has 136 valence electrons. The van der Waals surface area contributed by atoms with Crippen molar-refractivity contribution in [3.63, 3.8) is 0 Å². The predicted molar refractivity (Wildman–Crippen MR) is 98.0 cm³/mol. The minimum atomic E-state index is -0.0223. The Balaban J connectivity index is 1.69. The standard InChI is InChI=1S/C18H21ClN6O/c1-23-8-10-24(11-9-23)17(14-4-6-15(19)7-5-14)18-20-21-22-25(18)13-16-3-2-12-26-16/h2-7,12,17H,8-11,13H2,1H3/t17-/m0/s1. The van der Waals surface area contributed by atoms with E-state index in [0.29, 0.717) is 6.54 Å². The molecule has 0 amide bonds. The minimum absolute atomic E-state index is 0.0223. The van der Waals surface area contributed by atoms with Gasteiger partial charge in [-0.05, 0) is 47.3 Å². The van der Waals surface area contributed by atoms with Crippen molar-refractivity contribution in [2.75, 3.05) is 33.2 Å². The summed E-state index contributed by atoms with van der Waals surface area (Å²) >= 11 is 6.09. The molecule has 7 nitrogen and oxygen atoms in total. The fourth-order valence-electron chi connectivity index (χ4n) is 3.32. The molecule has 3 aromatic rings. The molecular formula is C18H21ClN6O. The molecule has 0 aliphatic carbocycles. The summed E-state index contributed by atoms with van der Waals surface area (Å²) in [5.41, 5.74) is 1.13. The van der Waals surface area contributed by atoms with E-state index in [0.717, 1.165) is 48.3 Å². The van der Waals surface area contributed by atoms with Crippen LogP contribution in [0.1, 0.15) is 23.2 Å². The van der Waals surface area contributed by atoms with Crippen molar-refractivity contribution in [1.29, 1.82) is 0 Å². The van der Waals surface area contributed by atoms with E-state index in [2.05, 4.69) is 44.5 Å². The number of tetrazole rings is 1. The lowest BCUT2D eigenvalue weighted by molar-refractivity contribution is 0.121. The Bertz CT molecular complexity index is 824. The average molecular weight is 373 g/mol. The molecule has 1 aromatic carbocycles. The summed E-state index contributed by atoms with van der Waals surface area (Å²) in [6.07, 6.45) is 1.66. The quantitative estimate of drug-likeness (QED) is 0.684. The second-order valence-corrected chi connectivity index (χ2v) is 7.00. The molecule has 1 saturated heterocycles. The van der Waals surface area contributed by atoms with Gasteiger partial charge < -0.3 is 9.32 Å². The van der Waals surface area contributed by atoms with Crippen LogP contribution in [-0.2, 0) is 6.54 Å². The molecule has 1 atom stereocenters. The number of benzene rings is 1. The third-order valence-corrected chi connectivity index (χ3v) is 5.03. The maximum Gasteiger partial charge on any atom is 0.173 e. The summed E-state index contributed by atoms with van der Waals surface area (Å²) in [4.78, 5) is 4.76. The molecule has 4 rings (SSSR count). The topological polar surface area (TPSA) is 63.2 Å². The lowest BCUT2D eigenvalue weighted by Crippen LogP contribution is -2.46. The van der Waals surface area contributed by atoms with E-state index in [4.69, 9.17) is 16.0 Å². The second kappa shape index (κ2) is 7.57. The second-order valence-electron chi connectivity index (χ2n) is 6.57. The van der Waals surface area contributed by atoms with E-state index in [1.807, 2.05) is 28.9 Å². The van der Waals surface area contributed by atoms with Gasteiger partial charge >= 0.3 is 0 Å². The van der Waals surface area contributed by atoms with Crippen LogP contribution in [0.25, 0.3) is 0 Å². The van der Waals surface area contributed by atoms with Crippen molar-refractivity contribution in [3.8, 4) is 0 Å². The van der Waals surface area contributed by atoms with Crippen LogP contribution in [0.4, 0.5) is 0 Å². The highest BCUT2D eigenvalue weighted by atomic mass is 35.5. The number of furan rings is 1. The number of hydrogen-bond acceptors (Lipinski definition) is 6. The van der Waals surface area contributed by atoms with Crippen LogP contribution in [-0.4, -0.2) is 63.2 Å². The molecule has 0 bridgehead atoms. The van der Waals surface area contributed by atoms with Gasteiger partial charge in [-0.1, -0.05) is 23.7 Å². The zero-order valence-corrected chi connectivity index (χ0v) is 15.4. The number of rotatable bonds is 5. The Labute approximate surface area is 157 Å². The Morgan fingerprint density at radius 2 is 1.88 bits per heavy atom. The lowest BCUT2D eigenvalue weighted by Gasteiger charge is -2.37. The van der Waals surface area contributed by atoms with E-state index in [1.54, 1.807) is 6.26 Å². The maximum absolute atomic E-state index is 6.09. The monoisotopic (exact) mass is 372 g/mol. The third kappa shape index (κ3) is 3.65. The number of hydrogen-bond donors (Lipinski definition) is 0. The lowest BCUT2D eigenvalue weighted by atomic mass is 10.0. The van der Waals surface area contributed by atoms with E-state index >= 15 is 0 Å². The molecule has 0 spiro atoms. The van der Waals surface area contributed by atoms with Gasteiger partial charge in [-0.2, -0.15) is 0 Å². The first-order chi connectivity index (χ1) is 12.7. The first-order valence-electron chi connectivity index (χ1n) is 8.67. The van der Waals surface area contributed by atoms with Crippen LogP contribution in [0.15, 0.2) is 47.1 Å². The average Bonchev–Trinajstić information content (AvgIpc) is 3.32. The zero-order chi connectivity index (χ0) is 17.9. The van der Waals surface area contributed by atoms with E-state index in [9.17, 15) is 0 Å². The Hall–Kier alpha value is -2.22. The zero-order valence-electron chi connectivity index (χ0n) is 14.6. The first kappa shape index (κ1) is 17.2. The molecule has 1 fully saturated rings. The Morgan fingerprint density at radius 1 is 1.12 bits per heavy atom. The van der Waals surface area contributed by atoms with Crippen molar-refractivity contribution in [3.05, 3.63) is 64.8 Å². The highest BCUT2D eigenvalue weighted by Gasteiger charge is 2.30. The number of nitrogens with zero attached hydrogens (tertiary/aromatic N) is 6. The predicted octanol–water partition coefficient (Wildman–Crippen LogP) is 2.30. The summed E-state index contributed by atoms with van der Waals surface area (Å²) < 4.78 is 7.28. The van der Waals surface area contributed by atoms with Gasteiger partial charge in [0.05, 0.1) is 12.3 Å². The van der Waals surface area contributed by atoms with Crippen molar-refractivity contribution in [2.24, 2.45) is 0 Å². The van der Waals surface area contributed by atoms with Crippen LogP contribution < -0.4 is 0 Å². The van der Waals surface area contributed by atoms with Crippen molar-refractivity contribution in [1.82, 2.24) is 30.0 Å². The highest BCUT2D eigenvalue weighted by molar-refractivity contribution is 6.30. The molecule has 2 aromatic heterocycles. The van der Waals surface area contributed by atoms with Crippen molar-refractivity contribution in [2.45, 2.75) is 12.6 Å². The first-order valence-corrected chi connectivity index (χ1v) is 9.05. The summed E-state index contributed by atoms with van der Waals surface area (Å²) in [7, 11) is 2.15. The fourth-order valence-corrected chi connectivity index (χ4v) is 3.44. The molecule has 0 N–H and O–H groups in total.